The van der Waals surface area contributed by atoms with Gasteiger partial charge < -0.3 is 14.2 Å². The van der Waals surface area contributed by atoms with Gasteiger partial charge in [-0.15, -0.1) is 0 Å². The summed E-state index contributed by atoms with van der Waals surface area (Å²) in [7, 11) is -4.25. The van der Waals surface area contributed by atoms with Crippen molar-refractivity contribution in [1.82, 2.24) is 4.90 Å². The van der Waals surface area contributed by atoms with Gasteiger partial charge in [0.05, 0.1) is 13.2 Å². The van der Waals surface area contributed by atoms with Gasteiger partial charge in [0.2, 0.25) is 0 Å². The summed E-state index contributed by atoms with van der Waals surface area (Å²) >= 11 is 0. The molecule has 1 atom stereocenters. The van der Waals surface area contributed by atoms with Crippen LogP contribution in [0.3, 0.4) is 0 Å². The average molecular weight is 325 g/mol. The van der Waals surface area contributed by atoms with Crippen molar-refractivity contribution in [3.8, 4) is 0 Å². The zero-order chi connectivity index (χ0) is 16.1. The Hall–Kier alpha value is -0.900. The van der Waals surface area contributed by atoms with Crippen molar-refractivity contribution >= 4 is 16.3 Å². The summed E-state index contributed by atoms with van der Waals surface area (Å²) in [6.07, 6.45) is -1.95. The van der Waals surface area contributed by atoms with Crippen LogP contribution in [0.5, 0.6) is 0 Å². The van der Waals surface area contributed by atoms with Crippen molar-refractivity contribution in [3.05, 3.63) is 0 Å². The number of nitrogens with zero attached hydrogens (tertiary/aromatic N) is 1. The molecule has 0 aliphatic carbocycles. The number of hydrogen-bond acceptors (Lipinski definition) is 7. The van der Waals surface area contributed by atoms with Crippen LogP contribution < -0.4 is 0 Å². The van der Waals surface area contributed by atoms with E-state index in [9.17, 15) is 13.2 Å². The first-order valence-corrected chi connectivity index (χ1v) is 8.31. The van der Waals surface area contributed by atoms with Gasteiger partial charge in [-0.2, -0.15) is 8.42 Å². The van der Waals surface area contributed by atoms with E-state index in [1.54, 1.807) is 20.8 Å². The second kappa shape index (κ2) is 7.39. The molecule has 1 aliphatic rings. The second-order valence-corrected chi connectivity index (χ2v) is 7.36. The number of carbonyl (C=O) groups is 1. The third-order valence-electron chi connectivity index (χ3n) is 2.61. The quantitative estimate of drug-likeness (QED) is 0.577. The zero-order valence-corrected chi connectivity index (χ0v) is 13.4. The highest BCUT2D eigenvalue weighted by atomic mass is 32.2. The van der Waals surface area contributed by atoms with E-state index in [1.807, 2.05) is 4.90 Å². The molecule has 1 saturated heterocycles. The Labute approximate surface area is 125 Å². The molecular formula is C12H23NO7S. The molecule has 1 fully saturated rings. The first kappa shape index (κ1) is 18.1. The van der Waals surface area contributed by atoms with Gasteiger partial charge in [-0.1, -0.05) is 0 Å². The lowest BCUT2D eigenvalue weighted by molar-refractivity contribution is -0.0364. The minimum atomic E-state index is -4.25. The van der Waals surface area contributed by atoms with E-state index in [0.717, 1.165) is 0 Å². The molecule has 9 heteroatoms. The van der Waals surface area contributed by atoms with Gasteiger partial charge in [-0.3, -0.25) is 9.45 Å². The lowest BCUT2D eigenvalue weighted by atomic mass is 10.2. The van der Waals surface area contributed by atoms with Gasteiger partial charge >= 0.3 is 6.16 Å². The van der Waals surface area contributed by atoms with E-state index < -0.39 is 33.7 Å². The molecule has 21 heavy (non-hydrogen) atoms. The zero-order valence-electron chi connectivity index (χ0n) is 12.6. The van der Waals surface area contributed by atoms with Crippen LogP contribution in [0.4, 0.5) is 4.79 Å². The molecule has 124 valence electrons. The second-order valence-electron chi connectivity index (χ2n) is 5.87. The highest BCUT2D eigenvalue weighted by molar-refractivity contribution is 7.85. The van der Waals surface area contributed by atoms with Gasteiger partial charge in [0, 0.05) is 19.6 Å². The molecule has 1 aliphatic heterocycles. The molecule has 0 aromatic rings. The van der Waals surface area contributed by atoms with E-state index in [-0.39, 0.29) is 6.54 Å². The minimum absolute atomic E-state index is 0.197. The number of ether oxygens (including phenoxy) is 3. The molecule has 1 N–H and O–H groups in total. The third-order valence-corrected chi connectivity index (χ3v) is 3.41. The lowest BCUT2D eigenvalue weighted by Crippen LogP contribution is -2.44. The Bertz CT molecular complexity index is 437. The summed E-state index contributed by atoms with van der Waals surface area (Å²) in [5.41, 5.74) is -0.737. The van der Waals surface area contributed by atoms with E-state index in [1.165, 1.54) is 0 Å². The number of carbonyl (C=O) groups excluding carboxylic acids is 1. The summed E-state index contributed by atoms with van der Waals surface area (Å²) in [6, 6.07) is 0. The van der Waals surface area contributed by atoms with E-state index >= 15 is 0 Å². The molecule has 0 aromatic heterocycles. The molecule has 0 aromatic carbocycles. The standard InChI is InChI=1S/C12H23NO7S/c1-12(2,3)20-11(14)19-10(9-21(15,16)17)8-13-4-6-18-7-5-13/h10H,4-9H2,1-3H3,(H,15,16,17). The van der Waals surface area contributed by atoms with Crippen LogP contribution in [0.15, 0.2) is 0 Å². The molecule has 0 amide bonds. The normalized spacial score (nSPS) is 19.0. The predicted molar refractivity (Wildman–Crippen MR) is 74.8 cm³/mol. The van der Waals surface area contributed by atoms with Crippen LogP contribution in [-0.2, 0) is 24.3 Å². The molecule has 1 unspecified atom stereocenters. The third kappa shape index (κ3) is 8.86. The molecule has 0 spiro atoms. The van der Waals surface area contributed by atoms with Crippen molar-refractivity contribution in [2.45, 2.75) is 32.5 Å². The number of morpholine rings is 1. The van der Waals surface area contributed by atoms with Gasteiger partial charge in [0.25, 0.3) is 10.1 Å². The smallest absolute Gasteiger partial charge is 0.429 e. The van der Waals surface area contributed by atoms with Crippen molar-refractivity contribution < 1.29 is 32.0 Å². The summed E-state index contributed by atoms with van der Waals surface area (Å²) in [4.78, 5) is 13.5. The number of hydrogen-bond donors (Lipinski definition) is 1. The molecule has 0 saturated carbocycles. The largest absolute Gasteiger partial charge is 0.509 e. The first-order valence-electron chi connectivity index (χ1n) is 6.70. The molecule has 1 heterocycles. The summed E-state index contributed by atoms with van der Waals surface area (Å²) < 4.78 is 46.2. The van der Waals surface area contributed by atoms with E-state index in [2.05, 4.69) is 0 Å². The Kier molecular flexibility index (Phi) is 6.39. The molecule has 0 radical (unpaired) electrons. The predicted octanol–water partition coefficient (Wildman–Crippen LogP) is 0.527. The van der Waals surface area contributed by atoms with Crippen LogP contribution in [0, 0.1) is 0 Å². The van der Waals surface area contributed by atoms with Crippen LogP contribution in [-0.4, -0.2) is 74.3 Å². The van der Waals surface area contributed by atoms with Gasteiger partial charge in [0.15, 0.2) is 0 Å². The molecular weight excluding hydrogens is 302 g/mol. The monoisotopic (exact) mass is 325 g/mol. The van der Waals surface area contributed by atoms with Crippen LogP contribution in [0.25, 0.3) is 0 Å². The van der Waals surface area contributed by atoms with Crippen molar-refractivity contribution in [2.24, 2.45) is 0 Å². The van der Waals surface area contributed by atoms with E-state index in [0.29, 0.717) is 26.3 Å². The Morgan fingerprint density at radius 1 is 1.33 bits per heavy atom. The molecule has 1 rings (SSSR count). The Morgan fingerprint density at radius 3 is 2.38 bits per heavy atom. The van der Waals surface area contributed by atoms with Gasteiger partial charge in [0.1, 0.15) is 17.5 Å². The maximum Gasteiger partial charge on any atom is 0.509 e. The highest BCUT2D eigenvalue weighted by Gasteiger charge is 2.27. The van der Waals surface area contributed by atoms with Crippen LogP contribution >= 0.6 is 0 Å². The molecule has 0 bridgehead atoms. The average Bonchev–Trinajstić information content (AvgIpc) is 2.24. The minimum Gasteiger partial charge on any atom is -0.429 e. The first-order chi connectivity index (χ1) is 9.55. The summed E-state index contributed by atoms with van der Waals surface area (Å²) in [5.74, 6) is -0.663. The Balaban J connectivity index is 2.61. The van der Waals surface area contributed by atoms with E-state index in [4.69, 9.17) is 18.8 Å². The lowest BCUT2D eigenvalue weighted by Gasteiger charge is -2.30. The van der Waals surface area contributed by atoms with Crippen molar-refractivity contribution in [1.29, 1.82) is 0 Å². The topological polar surface area (TPSA) is 102 Å². The number of rotatable bonds is 5. The van der Waals surface area contributed by atoms with Crippen molar-refractivity contribution in [2.75, 3.05) is 38.6 Å². The summed E-state index contributed by atoms with van der Waals surface area (Å²) in [6.45, 7) is 7.51. The summed E-state index contributed by atoms with van der Waals surface area (Å²) in [5, 5.41) is 0. The van der Waals surface area contributed by atoms with Gasteiger partial charge in [-0.25, -0.2) is 4.79 Å². The van der Waals surface area contributed by atoms with Crippen LogP contribution in [0.2, 0.25) is 0 Å². The maximum atomic E-state index is 11.6. The Morgan fingerprint density at radius 2 is 1.90 bits per heavy atom. The SMILES string of the molecule is CC(C)(C)OC(=O)OC(CN1CCOCC1)CS(=O)(=O)O. The van der Waals surface area contributed by atoms with Crippen molar-refractivity contribution in [3.63, 3.8) is 0 Å². The maximum absolute atomic E-state index is 11.6. The fourth-order valence-electron chi connectivity index (χ4n) is 1.84. The molecule has 8 nitrogen and oxygen atoms in total. The fraction of sp³-hybridized carbons (Fsp3) is 0.917. The fourth-order valence-corrected chi connectivity index (χ4v) is 2.48. The van der Waals surface area contributed by atoms with Gasteiger partial charge in [-0.05, 0) is 20.8 Å². The van der Waals surface area contributed by atoms with Crippen LogP contribution in [0.1, 0.15) is 20.8 Å². The highest BCUT2D eigenvalue weighted by Crippen LogP contribution is 2.11.